The van der Waals surface area contributed by atoms with Gasteiger partial charge in [0, 0.05) is 18.7 Å². The van der Waals surface area contributed by atoms with Gasteiger partial charge in [0.05, 0.1) is 28.3 Å². The number of nitrogens with zero attached hydrogens (tertiary/aromatic N) is 2. The lowest BCUT2D eigenvalue weighted by molar-refractivity contribution is 0.0730. The molecule has 1 N–H and O–H groups in total. The molecule has 1 aliphatic heterocycles. The first-order chi connectivity index (χ1) is 13.4. The fourth-order valence-corrected chi connectivity index (χ4v) is 5.56. The number of para-hydroxylation sites is 1. The lowest BCUT2D eigenvalue weighted by Gasteiger charge is -2.26. The zero-order valence-corrected chi connectivity index (χ0v) is 16.8. The Bertz CT molecular complexity index is 1100. The minimum atomic E-state index is -3.68. The van der Waals surface area contributed by atoms with Crippen LogP contribution in [0.1, 0.15) is 15.9 Å². The van der Waals surface area contributed by atoms with Gasteiger partial charge in [0.15, 0.2) is 5.13 Å². The number of aromatic nitrogens is 1. The van der Waals surface area contributed by atoms with E-state index in [-0.39, 0.29) is 10.5 Å². The number of thiazole rings is 1. The monoisotopic (exact) mass is 417 g/mol. The van der Waals surface area contributed by atoms with E-state index in [9.17, 15) is 13.2 Å². The van der Waals surface area contributed by atoms with Gasteiger partial charge < -0.3 is 4.74 Å². The summed E-state index contributed by atoms with van der Waals surface area (Å²) in [6.45, 7) is 3.09. The molecular weight excluding hydrogens is 398 g/mol. The maximum atomic E-state index is 13.0. The third kappa shape index (κ3) is 3.66. The van der Waals surface area contributed by atoms with Gasteiger partial charge in [0.2, 0.25) is 10.0 Å². The predicted molar refractivity (Wildman–Crippen MR) is 108 cm³/mol. The second kappa shape index (κ2) is 7.59. The number of sulfonamides is 1. The van der Waals surface area contributed by atoms with Gasteiger partial charge in [0.1, 0.15) is 0 Å². The number of fused-ring (bicyclic) bond motifs is 1. The molecule has 0 saturated carbocycles. The Labute approximate surface area is 167 Å². The number of carbonyl (C=O) groups excluding carboxylic acids is 1. The van der Waals surface area contributed by atoms with Gasteiger partial charge in [-0.05, 0) is 36.8 Å². The number of aryl methyl sites for hydroxylation is 1. The molecule has 2 aromatic carbocycles. The normalized spacial score (nSPS) is 15.6. The highest BCUT2D eigenvalue weighted by atomic mass is 32.2. The van der Waals surface area contributed by atoms with Crippen LogP contribution in [0.5, 0.6) is 0 Å². The second-order valence-corrected chi connectivity index (χ2v) is 9.37. The summed E-state index contributed by atoms with van der Waals surface area (Å²) in [6, 6.07) is 12.3. The van der Waals surface area contributed by atoms with Crippen LogP contribution in [0.3, 0.4) is 0 Å². The molecule has 2 heterocycles. The van der Waals surface area contributed by atoms with Gasteiger partial charge in [-0.15, -0.1) is 0 Å². The summed E-state index contributed by atoms with van der Waals surface area (Å²) in [4.78, 5) is 17.2. The number of benzene rings is 2. The number of nitrogens with one attached hydrogen (secondary N) is 1. The molecule has 3 aromatic rings. The van der Waals surface area contributed by atoms with E-state index < -0.39 is 15.9 Å². The van der Waals surface area contributed by atoms with E-state index >= 15 is 0 Å². The topological polar surface area (TPSA) is 88.6 Å². The molecule has 1 fully saturated rings. The molecule has 0 radical (unpaired) electrons. The minimum Gasteiger partial charge on any atom is -0.379 e. The zero-order chi connectivity index (χ0) is 19.7. The van der Waals surface area contributed by atoms with Crippen molar-refractivity contribution in [1.29, 1.82) is 0 Å². The summed E-state index contributed by atoms with van der Waals surface area (Å²) in [5.74, 6) is -0.391. The molecule has 1 amide bonds. The summed E-state index contributed by atoms with van der Waals surface area (Å²) in [5.41, 5.74) is 1.68. The smallest absolute Gasteiger partial charge is 0.257 e. The Morgan fingerprint density at radius 2 is 1.93 bits per heavy atom. The summed E-state index contributed by atoms with van der Waals surface area (Å²) in [6.07, 6.45) is 0. The van der Waals surface area contributed by atoms with Crippen molar-refractivity contribution in [2.45, 2.75) is 11.8 Å². The van der Waals surface area contributed by atoms with Crippen LogP contribution < -0.4 is 5.32 Å². The highest BCUT2D eigenvalue weighted by Gasteiger charge is 2.28. The summed E-state index contributed by atoms with van der Waals surface area (Å²) in [7, 11) is -3.68. The van der Waals surface area contributed by atoms with E-state index in [1.54, 1.807) is 19.1 Å². The van der Waals surface area contributed by atoms with E-state index in [1.807, 2.05) is 24.3 Å². The van der Waals surface area contributed by atoms with Crippen LogP contribution in [-0.2, 0) is 14.8 Å². The molecule has 0 aliphatic carbocycles. The number of rotatable bonds is 4. The van der Waals surface area contributed by atoms with Crippen molar-refractivity contribution < 1.29 is 17.9 Å². The third-order valence-electron chi connectivity index (χ3n) is 4.55. The molecule has 0 bridgehead atoms. The number of hydrogen-bond donors (Lipinski definition) is 1. The standard InChI is InChI=1S/C19H19N3O4S2/c1-13-6-7-14(12-17(13)28(24,25)22-8-10-26-11-9-22)18(23)21-19-20-15-4-2-3-5-16(15)27-19/h2-7,12H,8-11H2,1H3,(H,20,21,23). The van der Waals surface area contributed by atoms with Crippen molar-refractivity contribution in [1.82, 2.24) is 9.29 Å². The van der Waals surface area contributed by atoms with E-state index in [1.165, 1.54) is 21.7 Å². The molecule has 1 aliphatic rings. The third-order valence-corrected chi connectivity index (χ3v) is 7.55. The SMILES string of the molecule is Cc1ccc(C(=O)Nc2nc3ccccc3s2)cc1S(=O)(=O)N1CCOCC1. The first-order valence-corrected chi connectivity index (χ1v) is 11.1. The average Bonchev–Trinajstić information content (AvgIpc) is 3.11. The number of hydrogen-bond acceptors (Lipinski definition) is 6. The molecule has 9 heteroatoms. The number of ether oxygens (including phenoxy) is 1. The van der Waals surface area contributed by atoms with Gasteiger partial charge in [-0.25, -0.2) is 13.4 Å². The van der Waals surface area contributed by atoms with E-state index in [0.29, 0.717) is 37.0 Å². The van der Waals surface area contributed by atoms with Crippen LogP contribution in [0.4, 0.5) is 5.13 Å². The lowest BCUT2D eigenvalue weighted by atomic mass is 10.1. The van der Waals surface area contributed by atoms with Crippen molar-refractivity contribution in [3.05, 3.63) is 53.6 Å². The highest BCUT2D eigenvalue weighted by Crippen LogP contribution is 2.27. The maximum absolute atomic E-state index is 13.0. The predicted octanol–water partition coefficient (Wildman–Crippen LogP) is 2.88. The van der Waals surface area contributed by atoms with Crippen molar-refractivity contribution in [3.8, 4) is 0 Å². The average molecular weight is 418 g/mol. The molecule has 0 spiro atoms. The van der Waals surface area contributed by atoms with Crippen LogP contribution in [0.15, 0.2) is 47.4 Å². The molecular formula is C19H19N3O4S2. The minimum absolute atomic E-state index is 0.145. The second-order valence-electron chi connectivity index (χ2n) is 6.44. The Morgan fingerprint density at radius 1 is 1.18 bits per heavy atom. The van der Waals surface area contributed by atoms with Crippen molar-refractivity contribution in [2.75, 3.05) is 31.6 Å². The number of carbonyl (C=O) groups is 1. The van der Waals surface area contributed by atoms with E-state index in [4.69, 9.17) is 4.74 Å². The lowest BCUT2D eigenvalue weighted by Crippen LogP contribution is -2.40. The van der Waals surface area contributed by atoms with Gasteiger partial charge in [-0.3, -0.25) is 10.1 Å². The zero-order valence-electron chi connectivity index (χ0n) is 15.2. The molecule has 0 atom stereocenters. The van der Waals surface area contributed by atoms with E-state index in [0.717, 1.165) is 10.2 Å². The quantitative estimate of drug-likeness (QED) is 0.705. The van der Waals surface area contributed by atoms with E-state index in [2.05, 4.69) is 10.3 Å². The van der Waals surface area contributed by atoms with Crippen molar-refractivity contribution in [2.24, 2.45) is 0 Å². The maximum Gasteiger partial charge on any atom is 0.257 e. The summed E-state index contributed by atoms with van der Waals surface area (Å²) in [5, 5.41) is 3.24. The summed E-state index contributed by atoms with van der Waals surface area (Å²) >= 11 is 1.37. The van der Waals surface area contributed by atoms with Crippen molar-refractivity contribution >= 4 is 42.6 Å². The van der Waals surface area contributed by atoms with Crippen LogP contribution in [0.2, 0.25) is 0 Å². The molecule has 1 aromatic heterocycles. The first-order valence-electron chi connectivity index (χ1n) is 8.80. The van der Waals surface area contributed by atoms with Gasteiger partial charge in [-0.2, -0.15) is 4.31 Å². The first kappa shape index (κ1) is 19.0. The Morgan fingerprint density at radius 3 is 2.68 bits per heavy atom. The van der Waals surface area contributed by atoms with Gasteiger partial charge in [-0.1, -0.05) is 29.5 Å². The highest BCUT2D eigenvalue weighted by molar-refractivity contribution is 7.89. The van der Waals surface area contributed by atoms with Crippen LogP contribution in [-0.4, -0.2) is 49.9 Å². The molecule has 28 heavy (non-hydrogen) atoms. The van der Waals surface area contributed by atoms with Gasteiger partial charge in [0.25, 0.3) is 5.91 Å². The van der Waals surface area contributed by atoms with Crippen LogP contribution in [0.25, 0.3) is 10.2 Å². The van der Waals surface area contributed by atoms with Crippen LogP contribution in [0, 0.1) is 6.92 Å². The largest absolute Gasteiger partial charge is 0.379 e. The Balaban J connectivity index is 1.61. The molecule has 146 valence electrons. The Kier molecular flexibility index (Phi) is 5.15. The molecule has 4 rings (SSSR count). The molecule has 1 saturated heterocycles. The van der Waals surface area contributed by atoms with Crippen LogP contribution >= 0.6 is 11.3 Å². The fourth-order valence-electron chi connectivity index (χ4n) is 3.04. The number of amides is 1. The fraction of sp³-hybridized carbons (Fsp3) is 0.263. The summed E-state index contributed by atoms with van der Waals surface area (Å²) < 4.78 is 33.6. The number of anilines is 1. The molecule has 7 nitrogen and oxygen atoms in total. The number of morpholine rings is 1. The van der Waals surface area contributed by atoms with Gasteiger partial charge >= 0.3 is 0 Å². The molecule has 0 unspecified atom stereocenters. The Hall–Kier alpha value is -2.33. The van der Waals surface area contributed by atoms with Crippen molar-refractivity contribution in [3.63, 3.8) is 0 Å².